The molecule has 0 saturated carbocycles. The molecule has 33 heavy (non-hydrogen) atoms. The Morgan fingerprint density at radius 3 is 0.848 bits per heavy atom. The minimum atomic E-state index is -1.96. The second-order valence-electron chi connectivity index (χ2n) is 8.02. The van der Waals surface area contributed by atoms with E-state index < -0.39 is 6.15 Å². The number of benzene rings is 4. The Morgan fingerprint density at radius 1 is 0.394 bits per heavy atom. The molecule has 4 nitrogen and oxygen atoms in total. The zero-order valence-corrected chi connectivity index (χ0v) is 17.8. The molecule has 0 unspecified atom stereocenters. The molecule has 0 radical (unpaired) electrons. The van der Waals surface area contributed by atoms with E-state index in [0.29, 0.717) is 22.3 Å². The largest absolute Gasteiger partial charge is 0.298 e. The molecule has 0 N–H and O–H groups in total. The van der Waals surface area contributed by atoms with Crippen molar-refractivity contribution in [1.82, 2.24) is 0 Å². The van der Waals surface area contributed by atoms with Crippen molar-refractivity contribution in [2.45, 2.75) is 0 Å². The summed E-state index contributed by atoms with van der Waals surface area (Å²) in [5, 5.41) is 0. The van der Waals surface area contributed by atoms with Crippen LogP contribution in [-0.4, -0.2) is 31.3 Å². The first-order valence-corrected chi connectivity index (χ1v) is 10.5. The zero-order valence-electron chi connectivity index (χ0n) is 17.8. The van der Waals surface area contributed by atoms with E-state index in [0.717, 1.165) is 47.0 Å². The molecule has 0 fully saturated rings. The molecule has 0 aliphatic heterocycles. The fourth-order valence-electron chi connectivity index (χ4n) is 4.76. The number of hydrogen-bond donors (Lipinski definition) is 0. The molecule has 0 aliphatic carbocycles. The normalized spacial score (nSPS) is 10.9. The van der Waals surface area contributed by atoms with Crippen LogP contribution in [0.4, 0.5) is 0 Å². The van der Waals surface area contributed by atoms with Gasteiger partial charge in [0.1, 0.15) is 31.3 Å². The Bertz CT molecular complexity index is 1150. The summed E-state index contributed by atoms with van der Waals surface area (Å²) in [6.07, 6.45) is 1.19. The van der Waals surface area contributed by atoms with Crippen molar-refractivity contribution in [2.75, 3.05) is 0 Å². The topological polar surface area (TPSA) is 68.3 Å². The van der Waals surface area contributed by atoms with Crippen LogP contribution in [0.5, 0.6) is 0 Å². The Labute approximate surface area is 191 Å². The number of carbonyl (C=O) groups excluding carboxylic acids is 4. The van der Waals surface area contributed by atoms with E-state index in [4.69, 9.17) is 0 Å². The predicted octanol–water partition coefficient (Wildman–Crippen LogP) is 2.31. The quantitative estimate of drug-likeness (QED) is 0.317. The van der Waals surface area contributed by atoms with Gasteiger partial charge in [0.05, 0.1) is 0 Å². The molecule has 0 atom stereocenters. The van der Waals surface area contributed by atoms with Gasteiger partial charge in [-0.3, -0.25) is 19.2 Å². The SMILES string of the molecule is O=Cc1cccc([B-](c2cccc(C=O)c2)(c2cccc(C=O)c2)c2cccc(C=O)c2)c1. The maximum Gasteiger partial charge on any atom is 0.149 e. The molecule has 0 amide bonds. The molecule has 160 valence electrons. The van der Waals surface area contributed by atoms with E-state index in [1.54, 1.807) is 24.3 Å². The smallest absolute Gasteiger partial charge is 0.149 e. The van der Waals surface area contributed by atoms with Gasteiger partial charge in [-0.25, -0.2) is 0 Å². The van der Waals surface area contributed by atoms with Crippen molar-refractivity contribution in [3.05, 3.63) is 119 Å². The van der Waals surface area contributed by atoms with Gasteiger partial charge >= 0.3 is 0 Å². The number of aldehydes is 4. The average molecular weight is 431 g/mol. The van der Waals surface area contributed by atoms with Crippen molar-refractivity contribution in [1.29, 1.82) is 0 Å². The van der Waals surface area contributed by atoms with Crippen molar-refractivity contribution in [3.8, 4) is 0 Å². The molecule has 0 spiro atoms. The summed E-state index contributed by atoms with van der Waals surface area (Å²) in [6.45, 7) is 0. The highest BCUT2D eigenvalue weighted by Crippen LogP contribution is 2.13. The first-order chi connectivity index (χ1) is 16.1. The molecule has 4 aromatic rings. The van der Waals surface area contributed by atoms with Crippen LogP contribution < -0.4 is 21.9 Å². The molecule has 4 rings (SSSR count). The lowest BCUT2D eigenvalue weighted by Gasteiger charge is -2.44. The highest BCUT2D eigenvalue weighted by atomic mass is 16.1. The van der Waals surface area contributed by atoms with Gasteiger partial charge in [0.2, 0.25) is 0 Å². The van der Waals surface area contributed by atoms with E-state index in [1.165, 1.54) is 0 Å². The zero-order chi connectivity index (χ0) is 23.3. The lowest BCUT2D eigenvalue weighted by molar-refractivity contribution is 0.111. The van der Waals surface area contributed by atoms with Crippen LogP contribution in [0.2, 0.25) is 0 Å². The fourth-order valence-corrected chi connectivity index (χ4v) is 4.76. The van der Waals surface area contributed by atoms with Gasteiger partial charge in [-0.2, -0.15) is 21.9 Å². The van der Waals surface area contributed by atoms with Crippen molar-refractivity contribution in [2.24, 2.45) is 0 Å². The van der Waals surface area contributed by atoms with Gasteiger partial charge in [-0.05, 0) is 0 Å². The third kappa shape index (κ3) is 3.97. The van der Waals surface area contributed by atoms with Crippen LogP contribution in [0.1, 0.15) is 41.4 Å². The van der Waals surface area contributed by atoms with E-state index >= 15 is 0 Å². The molecular weight excluding hydrogens is 411 g/mol. The Kier molecular flexibility index (Phi) is 6.23. The molecule has 0 bridgehead atoms. The molecule has 5 heteroatoms. The van der Waals surface area contributed by atoms with Crippen LogP contribution in [0.15, 0.2) is 97.1 Å². The maximum atomic E-state index is 11.7. The van der Waals surface area contributed by atoms with Gasteiger partial charge in [0.25, 0.3) is 0 Å². The first kappa shape index (κ1) is 21.8. The molecule has 0 saturated heterocycles. The van der Waals surface area contributed by atoms with Crippen LogP contribution in [0.25, 0.3) is 0 Å². The summed E-state index contributed by atoms with van der Waals surface area (Å²) < 4.78 is 0. The van der Waals surface area contributed by atoms with Crippen LogP contribution in [0, 0.1) is 0 Å². The average Bonchev–Trinajstić information content (AvgIpc) is 2.89. The molecule has 0 aromatic heterocycles. The summed E-state index contributed by atoms with van der Waals surface area (Å²) >= 11 is 0. The minimum Gasteiger partial charge on any atom is -0.298 e. The van der Waals surface area contributed by atoms with E-state index in [-0.39, 0.29) is 0 Å². The highest BCUT2D eigenvalue weighted by molar-refractivity contribution is 7.20. The highest BCUT2D eigenvalue weighted by Gasteiger charge is 2.32. The fraction of sp³-hybridized carbons (Fsp3) is 0. The van der Waals surface area contributed by atoms with E-state index in [2.05, 4.69) is 0 Å². The minimum absolute atomic E-state index is 0.503. The summed E-state index contributed by atoms with van der Waals surface area (Å²) in [7, 11) is 0. The molecule has 4 aromatic carbocycles. The maximum absolute atomic E-state index is 11.7. The third-order valence-corrected chi connectivity index (χ3v) is 6.19. The lowest BCUT2D eigenvalue weighted by atomic mass is 9.13. The van der Waals surface area contributed by atoms with Crippen molar-refractivity contribution < 1.29 is 19.2 Å². The third-order valence-electron chi connectivity index (χ3n) is 6.19. The van der Waals surface area contributed by atoms with Gasteiger partial charge in [0, 0.05) is 22.3 Å². The lowest BCUT2D eigenvalue weighted by Crippen LogP contribution is -2.75. The van der Waals surface area contributed by atoms with Crippen LogP contribution in [0.3, 0.4) is 0 Å². The first-order valence-electron chi connectivity index (χ1n) is 10.5. The number of carbonyl (C=O) groups is 4. The van der Waals surface area contributed by atoms with Crippen LogP contribution in [-0.2, 0) is 0 Å². The van der Waals surface area contributed by atoms with Gasteiger partial charge in [-0.1, -0.05) is 97.1 Å². The van der Waals surface area contributed by atoms with E-state index in [9.17, 15) is 19.2 Å². The summed E-state index contributed by atoms with van der Waals surface area (Å²) in [5.74, 6) is 0. The van der Waals surface area contributed by atoms with Crippen molar-refractivity contribution >= 4 is 53.1 Å². The molecule has 0 heterocycles. The monoisotopic (exact) mass is 431 g/mol. The Balaban J connectivity index is 2.21. The molecular formula is C28H20BO4-. The Hall–Kier alpha value is -4.38. The number of rotatable bonds is 8. The Morgan fingerprint density at radius 2 is 0.636 bits per heavy atom. The van der Waals surface area contributed by atoms with Gasteiger partial charge in [0.15, 0.2) is 0 Å². The van der Waals surface area contributed by atoms with Crippen LogP contribution >= 0.6 is 0 Å². The summed E-state index contributed by atoms with van der Waals surface area (Å²) in [6, 6.07) is 29.2. The second kappa shape index (κ2) is 9.41. The second-order valence-corrected chi connectivity index (χ2v) is 8.02. The van der Waals surface area contributed by atoms with Crippen molar-refractivity contribution in [3.63, 3.8) is 0 Å². The van der Waals surface area contributed by atoms with E-state index in [1.807, 2.05) is 72.8 Å². The summed E-state index contributed by atoms with van der Waals surface area (Å²) in [4.78, 5) is 46.7. The summed E-state index contributed by atoms with van der Waals surface area (Å²) in [5.41, 5.74) is 5.32. The predicted molar refractivity (Wildman–Crippen MR) is 132 cm³/mol. The number of hydrogen-bond acceptors (Lipinski definition) is 4. The standard InChI is InChI=1S/C28H20BO4/c30-17-21-5-1-9-25(13-21)29(26-10-2-6-22(14-26)18-31,27-11-3-7-23(15-27)19-32)28-12-4-8-24(16-28)20-33/h1-20H/q-1. The molecule has 0 aliphatic rings. The van der Waals surface area contributed by atoms with Gasteiger partial charge in [-0.15, -0.1) is 0 Å². The van der Waals surface area contributed by atoms with Gasteiger partial charge < -0.3 is 0 Å².